The minimum atomic E-state index is -1.15. The van der Waals surface area contributed by atoms with Crippen LogP contribution >= 0.6 is 0 Å². The summed E-state index contributed by atoms with van der Waals surface area (Å²) in [5, 5.41) is 0. The van der Waals surface area contributed by atoms with E-state index in [1.165, 1.54) is 13.2 Å². The molecule has 0 saturated carbocycles. The monoisotopic (exact) mass is 352 g/mol. The van der Waals surface area contributed by atoms with Crippen LogP contribution in [0.4, 0.5) is 0 Å². The summed E-state index contributed by atoms with van der Waals surface area (Å²) in [5.74, 6) is -1.82. The molecule has 6 heteroatoms. The molecule has 0 fully saturated rings. The molecule has 0 bridgehead atoms. The van der Waals surface area contributed by atoms with Crippen LogP contribution < -0.4 is 9.47 Å². The largest absolute Gasteiger partial charge is 0.496 e. The van der Waals surface area contributed by atoms with Gasteiger partial charge in [-0.1, -0.05) is 12.1 Å². The van der Waals surface area contributed by atoms with Crippen LogP contribution in [0.5, 0.6) is 11.5 Å². The number of benzene rings is 2. The summed E-state index contributed by atoms with van der Waals surface area (Å²) >= 11 is 0. The van der Waals surface area contributed by atoms with Gasteiger partial charge in [0.1, 0.15) is 17.1 Å². The number of hydrogen-bond donors (Lipinski definition) is 0. The van der Waals surface area contributed by atoms with E-state index in [1.54, 1.807) is 39.0 Å². The van der Waals surface area contributed by atoms with E-state index in [0.29, 0.717) is 11.3 Å². The maximum atomic E-state index is 13.1. The Morgan fingerprint density at radius 2 is 1.65 bits per heavy atom. The van der Waals surface area contributed by atoms with Gasteiger partial charge in [0.2, 0.25) is 5.79 Å². The Kier molecular flexibility index (Phi) is 3.25. The smallest absolute Gasteiger partial charge is 0.345 e. The molecule has 26 heavy (non-hydrogen) atoms. The van der Waals surface area contributed by atoms with Crippen LogP contribution in [0.3, 0.4) is 0 Å². The SMILES string of the molecule is COc1cccc2c1C(=O)c1c(cc3c(c1C)C(=O)OC(C)(C)O3)C2=O. The lowest BCUT2D eigenvalue weighted by atomic mass is 9.80. The Labute approximate surface area is 149 Å². The molecule has 4 rings (SSSR count). The van der Waals surface area contributed by atoms with Crippen molar-refractivity contribution in [2.24, 2.45) is 0 Å². The Morgan fingerprint density at radius 1 is 0.923 bits per heavy atom. The molecule has 0 amide bonds. The van der Waals surface area contributed by atoms with E-state index in [1.807, 2.05) is 0 Å². The van der Waals surface area contributed by atoms with Crippen molar-refractivity contribution in [1.29, 1.82) is 0 Å². The Balaban J connectivity index is 2.02. The number of hydrogen-bond acceptors (Lipinski definition) is 6. The van der Waals surface area contributed by atoms with Crippen LogP contribution in [-0.2, 0) is 4.74 Å². The number of rotatable bonds is 1. The summed E-state index contributed by atoms with van der Waals surface area (Å²) in [5.41, 5.74) is 1.43. The van der Waals surface area contributed by atoms with Gasteiger partial charge in [0.05, 0.1) is 12.7 Å². The van der Waals surface area contributed by atoms with E-state index in [9.17, 15) is 14.4 Å². The van der Waals surface area contributed by atoms with Gasteiger partial charge in [-0.2, -0.15) is 0 Å². The second kappa shape index (κ2) is 5.17. The van der Waals surface area contributed by atoms with Crippen LogP contribution in [0.2, 0.25) is 0 Å². The second-order valence-electron chi connectivity index (χ2n) is 6.73. The molecule has 1 aliphatic heterocycles. The first-order valence-corrected chi connectivity index (χ1v) is 8.11. The summed E-state index contributed by atoms with van der Waals surface area (Å²) in [6.45, 7) is 4.83. The maximum absolute atomic E-state index is 13.1. The zero-order valence-electron chi connectivity index (χ0n) is 14.8. The lowest BCUT2D eigenvalue weighted by Crippen LogP contribution is -2.40. The third-order valence-corrected chi connectivity index (χ3v) is 4.63. The molecule has 2 aromatic carbocycles. The molecule has 0 unspecified atom stereocenters. The zero-order valence-corrected chi connectivity index (χ0v) is 14.8. The predicted octanol–water partition coefficient (Wildman–Crippen LogP) is 3.06. The van der Waals surface area contributed by atoms with Gasteiger partial charge >= 0.3 is 5.97 Å². The van der Waals surface area contributed by atoms with Gasteiger partial charge in [-0.25, -0.2) is 4.79 Å². The van der Waals surface area contributed by atoms with Gasteiger partial charge in [0.15, 0.2) is 11.6 Å². The molecule has 0 N–H and O–H groups in total. The highest BCUT2D eigenvalue weighted by molar-refractivity contribution is 6.30. The van der Waals surface area contributed by atoms with E-state index >= 15 is 0 Å². The minimum absolute atomic E-state index is 0.169. The lowest BCUT2D eigenvalue weighted by molar-refractivity contribution is -0.127. The number of carbonyl (C=O) groups is 3. The highest BCUT2D eigenvalue weighted by atomic mass is 16.7. The Bertz CT molecular complexity index is 1020. The highest BCUT2D eigenvalue weighted by Crippen LogP contribution is 2.41. The van der Waals surface area contributed by atoms with Crippen molar-refractivity contribution in [3.63, 3.8) is 0 Å². The van der Waals surface area contributed by atoms with Gasteiger partial charge in [0, 0.05) is 30.5 Å². The molecule has 1 aliphatic carbocycles. The van der Waals surface area contributed by atoms with Crippen LogP contribution in [0.1, 0.15) is 61.6 Å². The normalized spacial score (nSPS) is 16.8. The highest BCUT2D eigenvalue weighted by Gasteiger charge is 2.41. The average molecular weight is 352 g/mol. The fourth-order valence-electron chi connectivity index (χ4n) is 3.55. The van der Waals surface area contributed by atoms with E-state index in [4.69, 9.17) is 14.2 Å². The van der Waals surface area contributed by atoms with Gasteiger partial charge in [-0.15, -0.1) is 0 Å². The summed E-state index contributed by atoms with van der Waals surface area (Å²) in [7, 11) is 1.44. The van der Waals surface area contributed by atoms with Crippen molar-refractivity contribution in [2.75, 3.05) is 7.11 Å². The number of carbonyl (C=O) groups excluding carboxylic acids is 3. The number of methoxy groups -OCH3 is 1. The molecule has 0 spiro atoms. The van der Waals surface area contributed by atoms with E-state index in [-0.39, 0.29) is 45.1 Å². The summed E-state index contributed by atoms with van der Waals surface area (Å²) in [4.78, 5) is 38.6. The third kappa shape index (κ3) is 2.08. The number of cyclic esters (lactones) is 1. The van der Waals surface area contributed by atoms with Crippen molar-refractivity contribution >= 4 is 17.5 Å². The minimum Gasteiger partial charge on any atom is -0.496 e. The van der Waals surface area contributed by atoms with Crippen molar-refractivity contribution in [1.82, 2.24) is 0 Å². The second-order valence-corrected chi connectivity index (χ2v) is 6.73. The molecule has 0 saturated heterocycles. The number of ether oxygens (including phenoxy) is 3. The maximum Gasteiger partial charge on any atom is 0.345 e. The van der Waals surface area contributed by atoms with Crippen molar-refractivity contribution < 1.29 is 28.6 Å². The van der Waals surface area contributed by atoms with Gasteiger partial charge in [0.25, 0.3) is 0 Å². The molecular formula is C20H16O6. The quantitative estimate of drug-likeness (QED) is 0.626. The summed E-state index contributed by atoms with van der Waals surface area (Å²) < 4.78 is 16.2. The molecule has 2 aliphatic rings. The fraction of sp³-hybridized carbons (Fsp3) is 0.250. The predicted molar refractivity (Wildman–Crippen MR) is 91.2 cm³/mol. The Hall–Kier alpha value is -3.15. The van der Waals surface area contributed by atoms with Crippen LogP contribution in [0, 0.1) is 6.92 Å². The molecule has 0 aromatic heterocycles. The van der Waals surface area contributed by atoms with Crippen LogP contribution in [0.15, 0.2) is 24.3 Å². The van der Waals surface area contributed by atoms with Gasteiger partial charge < -0.3 is 14.2 Å². The first kappa shape index (κ1) is 16.3. The van der Waals surface area contributed by atoms with E-state index in [2.05, 4.69) is 0 Å². The molecule has 132 valence electrons. The zero-order chi connectivity index (χ0) is 18.8. The molecule has 0 atom stereocenters. The third-order valence-electron chi connectivity index (χ3n) is 4.63. The molecule has 6 nitrogen and oxygen atoms in total. The standard InChI is InChI=1S/C20H16O6/c1-9-14-11(8-13-15(9)19(23)26-20(2,3)25-13)17(21)10-6-5-7-12(24-4)16(10)18(14)22/h5-8H,1-4H3. The topological polar surface area (TPSA) is 78.9 Å². The first-order valence-electron chi connectivity index (χ1n) is 8.11. The lowest BCUT2D eigenvalue weighted by Gasteiger charge is -2.33. The fourth-order valence-corrected chi connectivity index (χ4v) is 3.55. The van der Waals surface area contributed by atoms with Crippen molar-refractivity contribution in [3.8, 4) is 11.5 Å². The van der Waals surface area contributed by atoms with E-state index in [0.717, 1.165) is 0 Å². The number of fused-ring (bicyclic) bond motifs is 3. The molecule has 2 aromatic rings. The molecular weight excluding hydrogens is 336 g/mol. The van der Waals surface area contributed by atoms with Gasteiger partial charge in [-0.3, -0.25) is 9.59 Å². The van der Waals surface area contributed by atoms with Crippen molar-refractivity contribution in [3.05, 3.63) is 57.6 Å². The number of ketones is 2. The van der Waals surface area contributed by atoms with Gasteiger partial charge in [-0.05, 0) is 24.6 Å². The van der Waals surface area contributed by atoms with E-state index < -0.39 is 11.8 Å². The number of esters is 1. The summed E-state index contributed by atoms with van der Waals surface area (Å²) in [6, 6.07) is 6.34. The summed E-state index contributed by atoms with van der Waals surface area (Å²) in [6.07, 6.45) is 0. The molecule has 0 radical (unpaired) electrons. The average Bonchev–Trinajstić information content (AvgIpc) is 2.57. The van der Waals surface area contributed by atoms with Crippen molar-refractivity contribution in [2.45, 2.75) is 26.6 Å². The molecule has 1 heterocycles. The first-order chi connectivity index (χ1) is 12.2. The van der Waals surface area contributed by atoms with Crippen LogP contribution in [-0.4, -0.2) is 30.4 Å². The van der Waals surface area contributed by atoms with Crippen LogP contribution in [0.25, 0.3) is 0 Å². The Morgan fingerprint density at radius 3 is 2.35 bits per heavy atom.